The average molecular weight is 372 g/mol. The van der Waals surface area contributed by atoms with Crippen LogP contribution in [0.1, 0.15) is 26.2 Å². The molecule has 0 aromatic carbocycles. The SMILES string of the molecule is CCCC(=O)N1CSC[C@@H]1C(=O)NCCCNS(=O)(=O)CCl. The number of thioether (sulfide) groups is 1. The molecule has 0 aromatic heterocycles. The number of sulfonamides is 1. The van der Waals surface area contributed by atoms with E-state index in [1.165, 1.54) is 0 Å². The van der Waals surface area contributed by atoms with Crippen molar-refractivity contribution in [2.45, 2.75) is 32.2 Å². The molecular weight excluding hydrogens is 350 g/mol. The first kappa shape index (κ1) is 19.5. The Morgan fingerprint density at radius 2 is 2.09 bits per heavy atom. The first-order chi connectivity index (χ1) is 10.4. The minimum absolute atomic E-state index is 0.00234. The predicted molar refractivity (Wildman–Crippen MR) is 88.1 cm³/mol. The predicted octanol–water partition coefficient (Wildman–Crippen LogP) is 0.310. The molecule has 0 spiro atoms. The molecule has 1 aliphatic heterocycles. The van der Waals surface area contributed by atoms with E-state index in [1.807, 2.05) is 6.92 Å². The highest BCUT2D eigenvalue weighted by Gasteiger charge is 2.33. The van der Waals surface area contributed by atoms with Crippen LogP contribution in [0, 0.1) is 0 Å². The van der Waals surface area contributed by atoms with Gasteiger partial charge in [0.1, 0.15) is 11.3 Å². The maximum Gasteiger partial charge on any atom is 0.243 e. The molecular formula is C12H22ClN3O4S2. The van der Waals surface area contributed by atoms with E-state index in [0.717, 1.165) is 6.42 Å². The van der Waals surface area contributed by atoms with Crippen LogP contribution >= 0.6 is 23.4 Å². The molecule has 0 radical (unpaired) electrons. The molecule has 0 unspecified atom stereocenters. The molecule has 128 valence electrons. The first-order valence-corrected chi connectivity index (χ1v) is 10.4. The molecule has 0 aromatic rings. The number of nitrogens with one attached hydrogen (secondary N) is 2. The average Bonchev–Trinajstić information content (AvgIpc) is 2.96. The third-order valence-electron chi connectivity index (χ3n) is 3.09. The summed E-state index contributed by atoms with van der Waals surface area (Å²) in [5, 5.41) is 2.26. The Bertz CT molecular complexity index is 487. The van der Waals surface area contributed by atoms with E-state index in [0.29, 0.717) is 31.0 Å². The van der Waals surface area contributed by atoms with E-state index in [1.54, 1.807) is 16.7 Å². The van der Waals surface area contributed by atoms with Crippen molar-refractivity contribution in [1.82, 2.24) is 14.9 Å². The molecule has 1 rings (SSSR count). The Labute approximate surface area is 140 Å². The minimum Gasteiger partial charge on any atom is -0.354 e. The molecule has 0 aliphatic carbocycles. The molecule has 2 amide bonds. The zero-order valence-corrected chi connectivity index (χ0v) is 14.9. The van der Waals surface area contributed by atoms with Gasteiger partial charge in [0.25, 0.3) is 0 Å². The van der Waals surface area contributed by atoms with Gasteiger partial charge in [0.05, 0.1) is 5.88 Å². The van der Waals surface area contributed by atoms with E-state index in [9.17, 15) is 18.0 Å². The number of hydrogen-bond acceptors (Lipinski definition) is 5. The minimum atomic E-state index is -3.42. The van der Waals surface area contributed by atoms with E-state index < -0.39 is 21.3 Å². The highest BCUT2D eigenvalue weighted by atomic mass is 35.5. The highest BCUT2D eigenvalue weighted by Crippen LogP contribution is 2.22. The Hall–Kier alpha value is -0.510. The van der Waals surface area contributed by atoms with Crippen molar-refractivity contribution < 1.29 is 18.0 Å². The summed E-state index contributed by atoms with van der Waals surface area (Å²) in [7, 11) is -3.42. The van der Waals surface area contributed by atoms with E-state index in [2.05, 4.69) is 10.0 Å². The Kier molecular flexibility index (Phi) is 8.52. The van der Waals surface area contributed by atoms with E-state index in [-0.39, 0.29) is 18.4 Å². The maximum atomic E-state index is 12.1. The standard InChI is InChI=1S/C12H22ClN3O4S2/c1-2-4-11(17)16-9-21-7-10(16)12(18)14-5-3-6-15-22(19,20)8-13/h10,15H,2-9H2,1H3,(H,14,18)/t10-/m1/s1. The van der Waals surface area contributed by atoms with Crippen LogP contribution in [0.15, 0.2) is 0 Å². The van der Waals surface area contributed by atoms with Crippen LogP contribution in [0.3, 0.4) is 0 Å². The van der Waals surface area contributed by atoms with Gasteiger partial charge in [-0.15, -0.1) is 23.4 Å². The number of amides is 2. The van der Waals surface area contributed by atoms with Crippen molar-refractivity contribution in [3.8, 4) is 0 Å². The topological polar surface area (TPSA) is 95.6 Å². The fourth-order valence-electron chi connectivity index (χ4n) is 1.95. The molecule has 2 N–H and O–H groups in total. The van der Waals surface area contributed by atoms with Crippen molar-refractivity contribution in [1.29, 1.82) is 0 Å². The molecule has 1 atom stereocenters. The fraction of sp³-hybridized carbons (Fsp3) is 0.833. The quantitative estimate of drug-likeness (QED) is 0.449. The molecule has 1 fully saturated rings. The lowest BCUT2D eigenvalue weighted by Crippen LogP contribution is -2.47. The maximum absolute atomic E-state index is 12.1. The first-order valence-electron chi connectivity index (χ1n) is 7.09. The summed E-state index contributed by atoms with van der Waals surface area (Å²) in [5.41, 5.74) is 0. The number of halogens is 1. The van der Waals surface area contributed by atoms with Crippen LogP contribution in [-0.4, -0.2) is 61.1 Å². The summed E-state index contributed by atoms with van der Waals surface area (Å²) in [5.74, 6) is 0.962. The lowest BCUT2D eigenvalue weighted by atomic mass is 10.2. The van der Waals surface area contributed by atoms with Crippen molar-refractivity contribution in [2.24, 2.45) is 0 Å². The van der Waals surface area contributed by atoms with Gasteiger partial charge in [-0.1, -0.05) is 6.92 Å². The van der Waals surface area contributed by atoms with Crippen LogP contribution in [-0.2, 0) is 19.6 Å². The normalized spacial score (nSPS) is 18.5. The number of carbonyl (C=O) groups is 2. The summed E-state index contributed by atoms with van der Waals surface area (Å²) >= 11 is 6.81. The van der Waals surface area contributed by atoms with Crippen molar-refractivity contribution >= 4 is 45.2 Å². The number of nitrogens with zero attached hydrogens (tertiary/aromatic N) is 1. The van der Waals surface area contributed by atoms with Gasteiger partial charge in [0.15, 0.2) is 0 Å². The van der Waals surface area contributed by atoms with Gasteiger partial charge in [-0.05, 0) is 12.8 Å². The molecule has 0 saturated carbocycles. The highest BCUT2D eigenvalue weighted by molar-refractivity contribution is 7.99. The van der Waals surface area contributed by atoms with Gasteiger partial charge in [-0.3, -0.25) is 9.59 Å². The Balaban J connectivity index is 2.31. The van der Waals surface area contributed by atoms with Crippen molar-refractivity contribution in [3.05, 3.63) is 0 Å². The molecule has 0 bridgehead atoms. The summed E-state index contributed by atoms with van der Waals surface area (Å²) in [6.45, 7) is 2.49. The van der Waals surface area contributed by atoms with Crippen LogP contribution in [0.25, 0.3) is 0 Å². The fourth-order valence-corrected chi connectivity index (χ4v) is 3.89. The van der Waals surface area contributed by atoms with Gasteiger partial charge in [-0.2, -0.15) is 0 Å². The van der Waals surface area contributed by atoms with Crippen LogP contribution < -0.4 is 10.0 Å². The summed E-state index contributed by atoms with van der Waals surface area (Å²) < 4.78 is 24.5. The number of alkyl halides is 1. The van der Waals surface area contributed by atoms with E-state index in [4.69, 9.17) is 11.6 Å². The molecule has 1 aliphatic rings. The molecule has 10 heteroatoms. The van der Waals surface area contributed by atoms with Crippen LogP contribution in [0.5, 0.6) is 0 Å². The summed E-state index contributed by atoms with van der Waals surface area (Å²) in [6, 6.07) is -0.427. The second-order valence-corrected chi connectivity index (χ2v) is 8.28. The van der Waals surface area contributed by atoms with Crippen molar-refractivity contribution in [3.63, 3.8) is 0 Å². The molecule has 1 heterocycles. The smallest absolute Gasteiger partial charge is 0.243 e. The van der Waals surface area contributed by atoms with Crippen LogP contribution in [0.2, 0.25) is 0 Å². The largest absolute Gasteiger partial charge is 0.354 e. The van der Waals surface area contributed by atoms with Gasteiger partial charge in [-0.25, -0.2) is 13.1 Å². The Morgan fingerprint density at radius 3 is 2.73 bits per heavy atom. The van der Waals surface area contributed by atoms with Crippen molar-refractivity contribution in [2.75, 3.05) is 29.9 Å². The van der Waals surface area contributed by atoms with Crippen LogP contribution in [0.4, 0.5) is 0 Å². The number of carbonyl (C=O) groups excluding carboxylic acids is 2. The summed E-state index contributed by atoms with van der Waals surface area (Å²) in [6.07, 6.45) is 1.67. The second-order valence-electron chi connectivity index (χ2n) is 4.89. The lowest BCUT2D eigenvalue weighted by Gasteiger charge is -2.22. The number of rotatable bonds is 9. The third-order valence-corrected chi connectivity index (χ3v) is 5.89. The lowest BCUT2D eigenvalue weighted by molar-refractivity contribution is -0.138. The van der Waals surface area contributed by atoms with Gasteiger partial charge < -0.3 is 10.2 Å². The van der Waals surface area contributed by atoms with Gasteiger partial charge in [0.2, 0.25) is 21.8 Å². The van der Waals surface area contributed by atoms with Gasteiger partial charge in [0, 0.05) is 25.3 Å². The number of hydrogen-bond donors (Lipinski definition) is 2. The zero-order chi connectivity index (χ0) is 16.6. The monoisotopic (exact) mass is 371 g/mol. The summed E-state index contributed by atoms with van der Waals surface area (Å²) in [4.78, 5) is 25.6. The van der Waals surface area contributed by atoms with Gasteiger partial charge >= 0.3 is 0 Å². The second kappa shape index (κ2) is 9.59. The third kappa shape index (κ3) is 6.31. The Morgan fingerprint density at radius 1 is 1.36 bits per heavy atom. The van der Waals surface area contributed by atoms with E-state index >= 15 is 0 Å². The molecule has 7 nitrogen and oxygen atoms in total. The molecule has 22 heavy (non-hydrogen) atoms. The molecule has 1 saturated heterocycles. The zero-order valence-electron chi connectivity index (χ0n) is 12.5.